The molecule has 2 aromatic rings. The Morgan fingerprint density at radius 2 is 2.10 bits per heavy atom. The highest BCUT2D eigenvalue weighted by Gasteiger charge is 2.34. The van der Waals surface area contributed by atoms with Gasteiger partial charge in [0.05, 0.1) is 12.3 Å². The van der Waals surface area contributed by atoms with Crippen molar-refractivity contribution >= 4 is 17.3 Å². The molecule has 1 aromatic heterocycles. The number of halogens is 1. The van der Waals surface area contributed by atoms with Gasteiger partial charge in [0.25, 0.3) is 0 Å². The minimum Gasteiger partial charge on any atom is -0.465 e. The van der Waals surface area contributed by atoms with E-state index in [9.17, 15) is 9.18 Å². The predicted molar refractivity (Wildman–Crippen MR) is 77.2 cm³/mol. The minimum atomic E-state index is -0.837. The van der Waals surface area contributed by atoms with Gasteiger partial charge in [0, 0.05) is 10.9 Å². The number of carbonyl (C=O) groups excluding carboxylic acids is 1. The molecule has 0 atom stereocenters. The van der Waals surface area contributed by atoms with E-state index in [2.05, 4.69) is 4.98 Å². The van der Waals surface area contributed by atoms with Gasteiger partial charge in [0.2, 0.25) is 0 Å². The molecule has 0 unspecified atom stereocenters. The number of esters is 1. The Morgan fingerprint density at radius 3 is 2.75 bits per heavy atom. The van der Waals surface area contributed by atoms with Crippen molar-refractivity contribution in [2.24, 2.45) is 0 Å². The lowest BCUT2D eigenvalue weighted by Crippen LogP contribution is -2.31. The Bertz CT molecular complexity index is 622. The Kier molecular flexibility index (Phi) is 4.18. The normalized spacial score (nSPS) is 11.4. The van der Waals surface area contributed by atoms with E-state index in [1.807, 2.05) is 0 Å². The van der Waals surface area contributed by atoms with Crippen molar-refractivity contribution in [1.82, 2.24) is 4.98 Å². The third-order valence-corrected chi connectivity index (χ3v) is 3.91. The van der Waals surface area contributed by atoms with Crippen LogP contribution in [0.15, 0.2) is 29.6 Å². The van der Waals surface area contributed by atoms with Crippen molar-refractivity contribution in [3.63, 3.8) is 0 Å². The van der Waals surface area contributed by atoms with Gasteiger partial charge >= 0.3 is 5.97 Å². The highest BCUT2D eigenvalue weighted by atomic mass is 32.1. The van der Waals surface area contributed by atoms with Crippen LogP contribution in [0.1, 0.15) is 26.5 Å². The van der Waals surface area contributed by atoms with Gasteiger partial charge in [-0.2, -0.15) is 0 Å². The molecule has 0 fully saturated rings. The number of rotatable bonds is 4. The van der Waals surface area contributed by atoms with E-state index in [-0.39, 0.29) is 11.8 Å². The van der Waals surface area contributed by atoms with Gasteiger partial charge in [-0.15, -0.1) is 11.3 Å². The first-order chi connectivity index (χ1) is 9.46. The first-order valence-electron chi connectivity index (χ1n) is 6.35. The Balaban J connectivity index is 2.34. The third-order valence-electron chi connectivity index (χ3n) is 3.03. The maximum atomic E-state index is 13.7. The van der Waals surface area contributed by atoms with E-state index < -0.39 is 5.41 Å². The van der Waals surface area contributed by atoms with Gasteiger partial charge in [-0.25, -0.2) is 9.37 Å². The predicted octanol–water partition coefficient (Wildman–Crippen LogP) is 3.79. The number of nitrogens with zero attached hydrogens (tertiary/aromatic N) is 1. The number of carbonyl (C=O) groups is 1. The molecule has 106 valence electrons. The maximum absolute atomic E-state index is 13.7. The molecule has 0 saturated carbocycles. The molecule has 5 heteroatoms. The molecule has 1 aromatic carbocycles. The highest BCUT2D eigenvalue weighted by molar-refractivity contribution is 7.13. The minimum absolute atomic E-state index is 0.317. The van der Waals surface area contributed by atoms with Gasteiger partial charge in [-0.3, -0.25) is 4.79 Å². The van der Waals surface area contributed by atoms with Crippen LogP contribution in [-0.4, -0.2) is 17.6 Å². The smallest absolute Gasteiger partial charge is 0.317 e. The zero-order valence-electron chi connectivity index (χ0n) is 11.6. The van der Waals surface area contributed by atoms with Crippen LogP contribution in [0.25, 0.3) is 10.6 Å². The van der Waals surface area contributed by atoms with Crippen LogP contribution in [0.4, 0.5) is 4.39 Å². The lowest BCUT2D eigenvalue weighted by atomic mass is 9.90. The summed E-state index contributed by atoms with van der Waals surface area (Å²) in [4.78, 5) is 16.3. The van der Waals surface area contributed by atoms with Crippen LogP contribution < -0.4 is 0 Å². The Morgan fingerprint density at radius 1 is 1.40 bits per heavy atom. The van der Waals surface area contributed by atoms with Gasteiger partial charge in [0.15, 0.2) is 0 Å². The summed E-state index contributed by atoms with van der Waals surface area (Å²) in [6.45, 7) is 5.60. The molecule has 0 aliphatic heterocycles. The second kappa shape index (κ2) is 5.71. The van der Waals surface area contributed by atoms with Gasteiger partial charge in [-0.05, 0) is 32.9 Å². The van der Waals surface area contributed by atoms with E-state index in [0.29, 0.717) is 22.9 Å². The molecule has 0 aliphatic carbocycles. The molecular formula is C15H16FNO2S. The fraction of sp³-hybridized carbons (Fsp3) is 0.333. The first-order valence-corrected chi connectivity index (χ1v) is 7.23. The average Bonchev–Trinajstić information content (AvgIpc) is 2.89. The maximum Gasteiger partial charge on any atom is 0.317 e. The lowest BCUT2D eigenvalue weighted by molar-refractivity contribution is -0.148. The molecule has 0 N–H and O–H groups in total. The van der Waals surface area contributed by atoms with Crippen molar-refractivity contribution in [3.8, 4) is 10.6 Å². The molecule has 0 saturated heterocycles. The topological polar surface area (TPSA) is 39.2 Å². The summed E-state index contributed by atoms with van der Waals surface area (Å²) in [6.07, 6.45) is 0. The van der Waals surface area contributed by atoms with Gasteiger partial charge in [0.1, 0.15) is 16.2 Å². The highest BCUT2D eigenvalue weighted by Crippen LogP contribution is 2.32. The monoisotopic (exact) mass is 293 g/mol. The van der Waals surface area contributed by atoms with Crippen molar-refractivity contribution in [2.45, 2.75) is 26.2 Å². The van der Waals surface area contributed by atoms with E-state index in [1.54, 1.807) is 44.4 Å². The zero-order valence-corrected chi connectivity index (χ0v) is 12.5. The fourth-order valence-electron chi connectivity index (χ4n) is 1.74. The second-order valence-electron chi connectivity index (χ2n) is 4.86. The second-order valence-corrected chi connectivity index (χ2v) is 5.72. The number of hydrogen-bond donors (Lipinski definition) is 0. The molecule has 1 heterocycles. The SMILES string of the molecule is CCOC(=O)C(C)(C)c1csc(-c2ccccc2F)n1. The summed E-state index contributed by atoms with van der Waals surface area (Å²) in [5.41, 5.74) is 0.207. The van der Waals surface area contributed by atoms with Crippen LogP contribution in [-0.2, 0) is 14.9 Å². The van der Waals surface area contributed by atoms with Crippen LogP contribution in [0.3, 0.4) is 0 Å². The largest absolute Gasteiger partial charge is 0.465 e. The molecule has 20 heavy (non-hydrogen) atoms. The zero-order chi connectivity index (χ0) is 14.8. The van der Waals surface area contributed by atoms with Crippen LogP contribution in [0, 0.1) is 5.82 Å². The molecule has 3 nitrogen and oxygen atoms in total. The molecule has 0 spiro atoms. The van der Waals surface area contributed by atoms with Crippen molar-refractivity contribution < 1.29 is 13.9 Å². The van der Waals surface area contributed by atoms with E-state index >= 15 is 0 Å². The first kappa shape index (κ1) is 14.7. The van der Waals surface area contributed by atoms with E-state index in [0.717, 1.165) is 0 Å². The Hall–Kier alpha value is -1.75. The van der Waals surface area contributed by atoms with Gasteiger partial charge < -0.3 is 4.74 Å². The number of ether oxygens (including phenoxy) is 1. The fourth-order valence-corrected chi connectivity index (χ4v) is 2.75. The summed E-state index contributed by atoms with van der Waals surface area (Å²) in [5, 5.41) is 2.34. The molecular weight excluding hydrogens is 277 g/mol. The quantitative estimate of drug-likeness (QED) is 0.805. The molecule has 2 rings (SSSR count). The van der Waals surface area contributed by atoms with E-state index in [1.165, 1.54) is 17.4 Å². The summed E-state index contributed by atoms with van der Waals surface area (Å²) < 4.78 is 18.8. The lowest BCUT2D eigenvalue weighted by Gasteiger charge is -2.19. The summed E-state index contributed by atoms with van der Waals surface area (Å²) in [7, 11) is 0. The number of thiazole rings is 1. The number of aromatic nitrogens is 1. The standard InChI is InChI=1S/C15H16FNO2S/c1-4-19-14(18)15(2,3)12-9-20-13(17-12)10-7-5-6-8-11(10)16/h5-9H,4H2,1-3H3. The molecule has 0 radical (unpaired) electrons. The molecule has 0 aliphatic rings. The summed E-state index contributed by atoms with van der Waals surface area (Å²) in [6, 6.07) is 6.47. The number of benzene rings is 1. The van der Waals surface area contributed by atoms with Crippen molar-refractivity contribution in [3.05, 3.63) is 41.2 Å². The van der Waals surface area contributed by atoms with E-state index in [4.69, 9.17) is 4.74 Å². The molecule has 0 bridgehead atoms. The third kappa shape index (κ3) is 2.72. The average molecular weight is 293 g/mol. The van der Waals surface area contributed by atoms with Crippen LogP contribution >= 0.6 is 11.3 Å². The van der Waals surface area contributed by atoms with Crippen LogP contribution in [0.5, 0.6) is 0 Å². The number of hydrogen-bond acceptors (Lipinski definition) is 4. The summed E-state index contributed by atoms with van der Waals surface area (Å²) >= 11 is 1.32. The van der Waals surface area contributed by atoms with Gasteiger partial charge in [-0.1, -0.05) is 12.1 Å². The Labute approximate surface area is 121 Å². The van der Waals surface area contributed by atoms with Crippen molar-refractivity contribution in [1.29, 1.82) is 0 Å². The summed E-state index contributed by atoms with van der Waals surface area (Å²) in [5.74, 6) is -0.646. The van der Waals surface area contributed by atoms with Crippen molar-refractivity contribution in [2.75, 3.05) is 6.61 Å². The molecule has 0 amide bonds. The van der Waals surface area contributed by atoms with Crippen LogP contribution in [0.2, 0.25) is 0 Å².